The average Bonchev–Trinajstić information content (AvgIpc) is 2.89. The number of hydrogen-bond donors (Lipinski definition) is 2. The van der Waals surface area contributed by atoms with Crippen LogP contribution >= 0.6 is 11.8 Å². The zero-order valence-electron chi connectivity index (χ0n) is 13.8. The fourth-order valence-corrected chi connectivity index (χ4v) is 4.46. The van der Waals surface area contributed by atoms with Gasteiger partial charge in [-0.3, -0.25) is 4.79 Å². The number of rotatable bonds is 2. The first-order chi connectivity index (χ1) is 11.6. The van der Waals surface area contributed by atoms with Gasteiger partial charge in [0.1, 0.15) is 0 Å². The number of aromatic amines is 1. The Morgan fingerprint density at radius 2 is 2.04 bits per heavy atom. The van der Waals surface area contributed by atoms with Crippen molar-refractivity contribution in [3.8, 4) is 0 Å². The summed E-state index contributed by atoms with van der Waals surface area (Å²) in [7, 11) is 0. The molecule has 1 aromatic heterocycles. The van der Waals surface area contributed by atoms with Gasteiger partial charge in [0, 0.05) is 32.8 Å². The van der Waals surface area contributed by atoms with Gasteiger partial charge in [-0.15, -0.1) is 11.8 Å². The highest BCUT2D eigenvalue weighted by molar-refractivity contribution is 7.99. The number of nitrogens with one attached hydrogen (secondary N) is 2. The lowest BCUT2D eigenvalue weighted by atomic mass is 10.0. The summed E-state index contributed by atoms with van der Waals surface area (Å²) in [6.07, 6.45) is 0.970. The highest BCUT2D eigenvalue weighted by Crippen LogP contribution is 2.36. The summed E-state index contributed by atoms with van der Waals surface area (Å²) in [5.41, 5.74) is 5.40. The van der Waals surface area contributed by atoms with Crippen molar-refractivity contribution in [1.29, 1.82) is 0 Å². The van der Waals surface area contributed by atoms with Crippen LogP contribution in [0.3, 0.4) is 0 Å². The van der Waals surface area contributed by atoms with E-state index in [9.17, 15) is 4.79 Å². The molecule has 1 aliphatic rings. The maximum Gasteiger partial charge on any atom is 0.251 e. The Morgan fingerprint density at radius 1 is 1.21 bits per heavy atom. The standard InChI is InChI=1S/C20H20N2OS/c1-12-13(2)21-17-8-7-14(11-16(12)17)20(23)22-18-9-10-24-19-6-4-3-5-15(18)19/h3-8,11,18,21H,9-10H2,1-2H3,(H,22,23)/t18-/m0/s1. The van der Waals surface area contributed by atoms with E-state index in [1.807, 2.05) is 36.0 Å². The minimum Gasteiger partial charge on any atom is -0.358 e. The first kappa shape index (κ1) is 15.3. The molecule has 0 radical (unpaired) electrons. The highest BCUT2D eigenvalue weighted by Gasteiger charge is 2.22. The zero-order valence-corrected chi connectivity index (χ0v) is 14.7. The first-order valence-electron chi connectivity index (χ1n) is 8.25. The van der Waals surface area contributed by atoms with E-state index in [0.717, 1.165) is 34.3 Å². The largest absolute Gasteiger partial charge is 0.358 e. The number of carbonyl (C=O) groups excluding carboxylic acids is 1. The van der Waals surface area contributed by atoms with Crippen LogP contribution in [0.2, 0.25) is 0 Å². The van der Waals surface area contributed by atoms with Crippen LogP contribution in [-0.2, 0) is 0 Å². The van der Waals surface area contributed by atoms with Crippen molar-refractivity contribution in [2.24, 2.45) is 0 Å². The second-order valence-electron chi connectivity index (χ2n) is 6.34. The van der Waals surface area contributed by atoms with Gasteiger partial charge in [-0.2, -0.15) is 0 Å². The molecule has 24 heavy (non-hydrogen) atoms. The van der Waals surface area contributed by atoms with Gasteiger partial charge in [0.15, 0.2) is 0 Å². The van der Waals surface area contributed by atoms with Gasteiger partial charge in [0.05, 0.1) is 6.04 Å². The Bertz CT molecular complexity index is 929. The Morgan fingerprint density at radius 3 is 2.92 bits per heavy atom. The van der Waals surface area contributed by atoms with Crippen LogP contribution in [-0.4, -0.2) is 16.6 Å². The van der Waals surface area contributed by atoms with Crippen LogP contribution in [0.1, 0.15) is 39.6 Å². The molecule has 3 aromatic rings. The number of aromatic nitrogens is 1. The van der Waals surface area contributed by atoms with Gasteiger partial charge in [0.2, 0.25) is 0 Å². The summed E-state index contributed by atoms with van der Waals surface area (Å²) in [5.74, 6) is 1.04. The minimum absolute atomic E-state index is 0.00172. The lowest BCUT2D eigenvalue weighted by Crippen LogP contribution is -2.30. The number of hydrogen-bond acceptors (Lipinski definition) is 2. The van der Waals surface area contributed by atoms with E-state index in [0.29, 0.717) is 0 Å². The topological polar surface area (TPSA) is 44.9 Å². The molecular formula is C20H20N2OS. The zero-order chi connectivity index (χ0) is 16.7. The number of amides is 1. The quantitative estimate of drug-likeness (QED) is 0.709. The lowest BCUT2D eigenvalue weighted by molar-refractivity contribution is 0.0935. The number of carbonyl (C=O) groups is 1. The molecule has 0 fully saturated rings. The molecule has 0 saturated heterocycles. The molecule has 2 heterocycles. The summed E-state index contributed by atoms with van der Waals surface area (Å²) < 4.78 is 0. The van der Waals surface area contributed by atoms with Gasteiger partial charge in [-0.1, -0.05) is 18.2 Å². The van der Waals surface area contributed by atoms with Gasteiger partial charge < -0.3 is 10.3 Å². The summed E-state index contributed by atoms with van der Waals surface area (Å²) >= 11 is 1.87. The van der Waals surface area contributed by atoms with E-state index in [1.54, 1.807) is 0 Å². The van der Waals surface area contributed by atoms with Gasteiger partial charge in [-0.05, 0) is 55.7 Å². The van der Waals surface area contributed by atoms with Crippen LogP contribution in [0.15, 0.2) is 47.4 Å². The number of H-pyrrole nitrogens is 1. The van der Waals surface area contributed by atoms with E-state index >= 15 is 0 Å². The van der Waals surface area contributed by atoms with E-state index in [4.69, 9.17) is 0 Å². The van der Waals surface area contributed by atoms with E-state index in [1.165, 1.54) is 16.0 Å². The molecule has 0 aliphatic carbocycles. The maximum absolute atomic E-state index is 12.8. The van der Waals surface area contributed by atoms with E-state index < -0.39 is 0 Å². The molecule has 0 spiro atoms. The van der Waals surface area contributed by atoms with E-state index in [2.05, 4.69) is 42.3 Å². The molecule has 1 aliphatic heterocycles. The van der Waals surface area contributed by atoms with Crippen molar-refractivity contribution in [1.82, 2.24) is 10.3 Å². The summed E-state index contributed by atoms with van der Waals surface area (Å²) in [6, 6.07) is 14.3. The molecule has 122 valence electrons. The Labute approximate surface area is 145 Å². The predicted octanol–water partition coefficient (Wildman–Crippen LogP) is 4.75. The second kappa shape index (κ2) is 6.02. The summed E-state index contributed by atoms with van der Waals surface area (Å²) in [5, 5.41) is 4.34. The maximum atomic E-state index is 12.8. The van der Waals surface area contributed by atoms with Gasteiger partial charge >= 0.3 is 0 Å². The van der Waals surface area contributed by atoms with Crippen LogP contribution in [0, 0.1) is 13.8 Å². The van der Waals surface area contributed by atoms with Crippen molar-refractivity contribution in [3.63, 3.8) is 0 Å². The first-order valence-corrected chi connectivity index (χ1v) is 9.23. The molecule has 0 saturated carbocycles. The molecular weight excluding hydrogens is 316 g/mol. The number of fused-ring (bicyclic) bond motifs is 2. The molecule has 2 N–H and O–H groups in total. The number of aryl methyl sites for hydroxylation is 2. The van der Waals surface area contributed by atoms with Crippen molar-refractivity contribution in [3.05, 3.63) is 64.8 Å². The third kappa shape index (κ3) is 2.61. The Kier molecular flexibility index (Phi) is 3.85. The second-order valence-corrected chi connectivity index (χ2v) is 7.47. The predicted molar refractivity (Wildman–Crippen MR) is 99.8 cm³/mol. The van der Waals surface area contributed by atoms with Gasteiger partial charge in [0.25, 0.3) is 5.91 Å². The number of benzene rings is 2. The molecule has 4 rings (SSSR count). The smallest absolute Gasteiger partial charge is 0.251 e. The third-order valence-corrected chi connectivity index (χ3v) is 5.96. The van der Waals surface area contributed by atoms with Gasteiger partial charge in [-0.25, -0.2) is 0 Å². The Hall–Kier alpha value is -2.20. The van der Waals surface area contributed by atoms with E-state index in [-0.39, 0.29) is 11.9 Å². The van der Waals surface area contributed by atoms with Crippen LogP contribution < -0.4 is 5.32 Å². The van der Waals surface area contributed by atoms with Crippen molar-refractivity contribution < 1.29 is 4.79 Å². The highest BCUT2D eigenvalue weighted by atomic mass is 32.2. The lowest BCUT2D eigenvalue weighted by Gasteiger charge is -2.25. The molecule has 1 amide bonds. The molecule has 4 heteroatoms. The summed E-state index contributed by atoms with van der Waals surface area (Å²) in [4.78, 5) is 17.4. The van der Waals surface area contributed by atoms with Crippen molar-refractivity contribution in [2.45, 2.75) is 31.2 Å². The molecule has 0 unspecified atom stereocenters. The van der Waals surface area contributed by atoms with Crippen molar-refractivity contribution >= 4 is 28.6 Å². The molecule has 2 aromatic carbocycles. The SMILES string of the molecule is Cc1[nH]c2ccc(C(=O)N[C@H]3CCSc4ccccc43)cc2c1C. The molecule has 1 atom stereocenters. The summed E-state index contributed by atoms with van der Waals surface area (Å²) in [6.45, 7) is 4.15. The van der Waals surface area contributed by atoms with Crippen LogP contribution in [0.25, 0.3) is 10.9 Å². The molecule has 0 bridgehead atoms. The van der Waals surface area contributed by atoms with Crippen LogP contribution in [0.5, 0.6) is 0 Å². The normalized spacial score (nSPS) is 16.8. The average molecular weight is 336 g/mol. The monoisotopic (exact) mass is 336 g/mol. The fourth-order valence-electron chi connectivity index (χ4n) is 3.34. The van der Waals surface area contributed by atoms with Crippen molar-refractivity contribution in [2.75, 3.05) is 5.75 Å². The minimum atomic E-state index is 0.00172. The Balaban J connectivity index is 1.62. The third-order valence-electron chi connectivity index (χ3n) is 4.83. The molecule has 3 nitrogen and oxygen atoms in total. The van der Waals surface area contributed by atoms with Crippen LogP contribution in [0.4, 0.5) is 0 Å². The fraction of sp³-hybridized carbons (Fsp3) is 0.250. The number of thioether (sulfide) groups is 1.